The van der Waals surface area contributed by atoms with Gasteiger partial charge >= 0.3 is 0 Å². The highest BCUT2D eigenvalue weighted by molar-refractivity contribution is 4.83. The molecule has 3 fully saturated rings. The molecular weight excluding hydrogens is 112 g/mol. The SMILES string of the molecule is C1CNCC2CN(C1)C2. The van der Waals surface area contributed by atoms with Crippen molar-refractivity contribution in [3.05, 3.63) is 0 Å². The van der Waals surface area contributed by atoms with E-state index in [0.717, 1.165) is 5.92 Å². The van der Waals surface area contributed by atoms with Crippen molar-refractivity contribution in [2.45, 2.75) is 6.42 Å². The smallest absolute Gasteiger partial charge is 0.00342 e. The third-order valence-electron chi connectivity index (χ3n) is 2.29. The molecule has 3 aliphatic heterocycles. The van der Waals surface area contributed by atoms with Gasteiger partial charge in [0.05, 0.1) is 0 Å². The quantitative estimate of drug-likeness (QED) is 0.488. The maximum absolute atomic E-state index is 3.45. The highest BCUT2D eigenvalue weighted by Crippen LogP contribution is 2.15. The van der Waals surface area contributed by atoms with Crippen LogP contribution in [0.3, 0.4) is 0 Å². The van der Waals surface area contributed by atoms with Crippen LogP contribution in [-0.4, -0.2) is 37.6 Å². The van der Waals surface area contributed by atoms with Gasteiger partial charge in [0, 0.05) is 19.6 Å². The van der Waals surface area contributed by atoms with Crippen LogP contribution in [0, 0.1) is 5.92 Å². The minimum Gasteiger partial charge on any atom is -0.316 e. The number of nitrogens with one attached hydrogen (secondary N) is 1. The summed E-state index contributed by atoms with van der Waals surface area (Å²) in [5.41, 5.74) is 0. The first-order chi connectivity index (χ1) is 4.45. The van der Waals surface area contributed by atoms with E-state index in [0.29, 0.717) is 0 Å². The van der Waals surface area contributed by atoms with Crippen LogP contribution in [0.5, 0.6) is 0 Å². The molecule has 2 nitrogen and oxygen atoms in total. The first-order valence-corrected chi connectivity index (χ1v) is 3.88. The molecule has 0 radical (unpaired) electrons. The van der Waals surface area contributed by atoms with Crippen molar-refractivity contribution in [3.8, 4) is 0 Å². The monoisotopic (exact) mass is 126 g/mol. The van der Waals surface area contributed by atoms with Crippen molar-refractivity contribution < 1.29 is 0 Å². The molecule has 0 aromatic heterocycles. The molecule has 0 aromatic carbocycles. The highest BCUT2D eigenvalue weighted by Gasteiger charge is 2.26. The summed E-state index contributed by atoms with van der Waals surface area (Å²) in [7, 11) is 0. The molecule has 0 spiro atoms. The van der Waals surface area contributed by atoms with Crippen molar-refractivity contribution in [1.82, 2.24) is 10.2 Å². The second kappa shape index (κ2) is 2.27. The fourth-order valence-electron chi connectivity index (χ4n) is 1.72. The van der Waals surface area contributed by atoms with Crippen LogP contribution >= 0.6 is 0 Å². The Morgan fingerprint density at radius 3 is 3.11 bits per heavy atom. The second-order valence-electron chi connectivity index (χ2n) is 3.18. The Bertz CT molecular complexity index is 81.6. The molecule has 3 saturated heterocycles. The first kappa shape index (κ1) is 5.69. The van der Waals surface area contributed by atoms with Gasteiger partial charge in [-0.3, -0.25) is 0 Å². The molecule has 9 heavy (non-hydrogen) atoms. The van der Waals surface area contributed by atoms with E-state index in [1.807, 2.05) is 0 Å². The maximum atomic E-state index is 3.45. The Morgan fingerprint density at radius 1 is 1.33 bits per heavy atom. The molecule has 0 aromatic rings. The number of nitrogens with zero attached hydrogens (tertiary/aromatic N) is 1. The fourth-order valence-corrected chi connectivity index (χ4v) is 1.72. The molecule has 2 heteroatoms. The molecule has 0 amide bonds. The Kier molecular flexibility index (Phi) is 1.44. The van der Waals surface area contributed by atoms with E-state index in [-0.39, 0.29) is 0 Å². The standard InChI is InChI=1S/C7H14N2/c1-2-8-4-7-5-9(3-1)6-7/h7-8H,1-6H2. The predicted molar refractivity (Wildman–Crippen MR) is 37.4 cm³/mol. The molecule has 3 rings (SSSR count). The van der Waals surface area contributed by atoms with Crippen LogP contribution in [0.2, 0.25) is 0 Å². The number of rotatable bonds is 0. The van der Waals surface area contributed by atoms with Crippen molar-refractivity contribution in [1.29, 1.82) is 0 Å². The third-order valence-corrected chi connectivity index (χ3v) is 2.29. The van der Waals surface area contributed by atoms with E-state index < -0.39 is 0 Å². The zero-order valence-corrected chi connectivity index (χ0v) is 5.77. The Labute approximate surface area is 56.2 Å². The summed E-state index contributed by atoms with van der Waals surface area (Å²) < 4.78 is 0. The molecule has 52 valence electrons. The van der Waals surface area contributed by atoms with Gasteiger partial charge in [-0.05, 0) is 25.4 Å². The molecule has 0 aliphatic carbocycles. The normalized spacial score (nSPS) is 42.7. The van der Waals surface area contributed by atoms with Gasteiger partial charge in [0.2, 0.25) is 0 Å². The topological polar surface area (TPSA) is 15.3 Å². The van der Waals surface area contributed by atoms with Crippen LogP contribution < -0.4 is 5.32 Å². The lowest BCUT2D eigenvalue weighted by Crippen LogP contribution is -2.53. The van der Waals surface area contributed by atoms with Crippen LogP contribution in [0.4, 0.5) is 0 Å². The summed E-state index contributed by atoms with van der Waals surface area (Å²) in [6, 6.07) is 0. The largest absolute Gasteiger partial charge is 0.316 e. The summed E-state index contributed by atoms with van der Waals surface area (Å²) in [5, 5.41) is 3.45. The summed E-state index contributed by atoms with van der Waals surface area (Å²) in [4.78, 5) is 2.55. The lowest BCUT2D eigenvalue weighted by Gasteiger charge is -2.41. The highest BCUT2D eigenvalue weighted by atomic mass is 15.2. The molecule has 0 saturated carbocycles. The molecule has 0 unspecified atom stereocenters. The summed E-state index contributed by atoms with van der Waals surface area (Å²) in [6.07, 6.45) is 1.34. The minimum absolute atomic E-state index is 0.977. The fraction of sp³-hybridized carbons (Fsp3) is 1.00. The average Bonchev–Trinajstić information content (AvgIpc) is 1.54. The van der Waals surface area contributed by atoms with E-state index in [1.54, 1.807) is 0 Å². The summed E-state index contributed by atoms with van der Waals surface area (Å²) >= 11 is 0. The maximum Gasteiger partial charge on any atom is 0.00342 e. The predicted octanol–water partition coefficient (Wildman–Crippen LogP) is -0.0885. The Hall–Kier alpha value is -0.0800. The van der Waals surface area contributed by atoms with Gasteiger partial charge in [-0.1, -0.05) is 0 Å². The van der Waals surface area contributed by atoms with Gasteiger partial charge in [0.25, 0.3) is 0 Å². The molecule has 1 N–H and O–H groups in total. The van der Waals surface area contributed by atoms with Crippen LogP contribution in [0.25, 0.3) is 0 Å². The molecule has 3 heterocycles. The Balaban J connectivity index is 1.85. The van der Waals surface area contributed by atoms with E-state index in [1.165, 1.54) is 39.1 Å². The lowest BCUT2D eigenvalue weighted by molar-refractivity contribution is 0.0862. The van der Waals surface area contributed by atoms with Crippen molar-refractivity contribution in [2.24, 2.45) is 5.92 Å². The van der Waals surface area contributed by atoms with E-state index in [4.69, 9.17) is 0 Å². The van der Waals surface area contributed by atoms with Crippen molar-refractivity contribution >= 4 is 0 Å². The van der Waals surface area contributed by atoms with Crippen molar-refractivity contribution in [3.63, 3.8) is 0 Å². The van der Waals surface area contributed by atoms with E-state index >= 15 is 0 Å². The van der Waals surface area contributed by atoms with Crippen LogP contribution in [0.15, 0.2) is 0 Å². The van der Waals surface area contributed by atoms with Gasteiger partial charge in [0.1, 0.15) is 0 Å². The van der Waals surface area contributed by atoms with Gasteiger partial charge in [-0.25, -0.2) is 0 Å². The molecule has 2 bridgehead atoms. The number of hydrogen-bond acceptors (Lipinski definition) is 2. The Morgan fingerprint density at radius 2 is 2.22 bits per heavy atom. The summed E-state index contributed by atoms with van der Waals surface area (Å²) in [5.74, 6) is 0.977. The van der Waals surface area contributed by atoms with Gasteiger partial charge < -0.3 is 10.2 Å². The van der Waals surface area contributed by atoms with Crippen LogP contribution in [0.1, 0.15) is 6.42 Å². The summed E-state index contributed by atoms with van der Waals surface area (Å²) in [6.45, 7) is 6.52. The second-order valence-corrected chi connectivity index (χ2v) is 3.18. The van der Waals surface area contributed by atoms with Gasteiger partial charge in [-0.2, -0.15) is 0 Å². The zero-order chi connectivity index (χ0) is 6.10. The zero-order valence-electron chi connectivity index (χ0n) is 5.77. The average molecular weight is 126 g/mol. The molecule has 3 aliphatic rings. The van der Waals surface area contributed by atoms with Gasteiger partial charge in [0.15, 0.2) is 0 Å². The van der Waals surface area contributed by atoms with Crippen molar-refractivity contribution in [2.75, 3.05) is 32.7 Å². The first-order valence-electron chi connectivity index (χ1n) is 3.88. The van der Waals surface area contributed by atoms with Crippen LogP contribution in [-0.2, 0) is 0 Å². The number of fused-ring (bicyclic) bond motifs is 4. The molecular formula is C7H14N2. The van der Waals surface area contributed by atoms with E-state index in [9.17, 15) is 0 Å². The minimum atomic E-state index is 0.977. The number of hydrogen-bond donors (Lipinski definition) is 1. The lowest BCUT2D eigenvalue weighted by atomic mass is 9.98. The van der Waals surface area contributed by atoms with E-state index in [2.05, 4.69) is 10.2 Å². The van der Waals surface area contributed by atoms with Gasteiger partial charge in [-0.15, -0.1) is 0 Å². The third kappa shape index (κ3) is 1.10. The molecule has 0 atom stereocenters.